The minimum atomic E-state index is -1.07. The molecule has 0 spiro atoms. The van der Waals surface area contributed by atoms with Crippen LogP contribution < -0.4 is 0 Å². The SMILES string of the molecule is CN1C(=O)COC(C(=O)O)C1c1cc(Br)c(Br)s1. The number of halogens is 2. The Morgan fingerprint density at radius 3 is 2.78 bits per heavy atom. The number of carboxylic acid groups (broad SMARTS) is 1. The summed E-state index contributed by atoms with van der Waals surface area (Å²) in [6.45, 7) is -0.197. The van der Waals surface area contributed by atoms with E-state index in [0.29, 0.717) is 0 Å². The number of nitrogens with zero attached hydrogens (tertiary/aromatic N) is 1. The van der Waals surface area contributed by atoms with Crippen LogP contribution in [0.5, 0.6) is 0 Å². The van der Waals surface area contributed by atoms with Crippen molar-refractivity contribution in [1.82, 2.24) is 4.90 Å². The van der Waals surface area contributed by atoms with E-state index in [4.69, 9.17) is 9.84 Å². The molecule has 0 radical (unpaired) electrons. The van der Waals surface area contributed by atoms with Crippen LogP contribution in [0.15, 0.2) is 14.3 Å². The van der Waals surface area contributed by atoms with Gasteiger partial charge in [0, 0.05) is 16.4 Å². The largest absolute Gasteiger partial charge is 0.479 e. The molecule has 1 amide bonds. The number of carbonyl (C=O) groups is 2. The third kappa shape index (κ3) is 2.47. The van der Waals surface area contributed by atoms with Crippen molar-refractivity contribution in [2.45, 2.75) is 12.1 Å². The Bertz CT molecular complexity index is 485. The van der Waals surface area contributed by atoms with Gasteiger partial charge in [-0.3, -0.25) is 4.79 Å². The second-order valence-corrected chi connectivity index (χ2v) is 7.05. The number of amides is 1. The number of ether oxygens (including phenoxy) is 1. The van der Waals surface area contributed by atoms with Gasteiger partial charge in [-0.2, -0.15) is 0 Å². The van der Waals surface area contributed by atoms with Crippen LogP contribution in [0.3, 0.4) is 0 Å². The number of aliphatic carboxylic acids is 1. The molecule has 2 unspecified atom stereocenters. The molecule has 1 N–H and O–H groups in total. The average Bonchev–Trinajstić information content (AvgIpc) is 2.62. The first-order valence-electron chi connectivity index (χ1n) is 4.96. The molecule has 0 bridgehead atoms. The molecular weight excluding hydrogens is 390 g/mol. The lowest BCUT2D eigenvalue weighted by atomic mass is 10.1. The van der Waals surface area contributed by atoms with Crippen LogP contribution in [-0.4, -0.2) is 41.6 Å². The Kier molecular flexibility index (Phi) is 4.10. The summed E-state index contributed by atoms with van der Waals surface area (Å²) < 4.78 is 6.81. The van der Waals surface area contributed by atoms with Crippen LogP contribution in [-0.2, 0) is 14.3 Å². The zero-order valence-corrected chi connectivity index (χ0v) is 13.2. The van der Waals surface area contributed by atoms with Crippen molar-refractivity contribution in [3.05, 3.63) is 19.2 Å². The predicted molar refractivity (Wildman–Crippen MR) is 72.6 cm³/mol. The molecule has 1 aliphatic rings. The summed E-state index contributed by atoms with van der Waals surface area (Å²) in [6.07, 6.45) is -1.04. The highest BCUT2D eigenvalue weighted by Gasteiger charge is 2.41. The number of rotatable bonds is 2. The summed E-state index contributed by atoms with van der Waals surface area (Å²) in [5.41, 5.74) is 0. The van der Waals surface area contributed by atoms with Gasteiger partial charge >= 0.3 is 5.97 Å². The van der Waals surface area contributed by atoms with Crippen LogP contribution in [0.2, 0.25) is 0 Å². The number of thiophene rings is 1. The van der Waals surface area contributed by atoms with E-state index >= 15 is 0 Å². The molecule has 2 atom stereocenters. The number of hydrogen-bond acceptors (Lipinski definition) is 4. The quantitative estimate of drug-likeness (QED) is 0.829. The lowest BCUT2D eigenvalue weighted by Gasteiger charge is -2.36. The smallest absolute Gasteiger partial charge is 0.335 e. The van der Waals surface area contributed by atoms with Gasteiger partial charge in [0.05, 0.1) is 3.79 Å². The third-order valence-electron chi connectivity index (χ3n) is 2.68. The Balaban J connectivity index is 2.40. The zero-order valence-electron chi connectivity index (χ0n) is 9.22. The van der Waals surface area contributed by atoms with E-state index in [9.17, 15) is 9.59 Å². The number of carbonyl (C=O) groups excluding carboxylic acids is 1. The topological polar surface area (TPSA) is 66.8 Å². The molecule has 1 aromatic rings. The highest BCUT2D eigenvalue weighted by atomic mass is 79.9. The average molecular weight is 399 g/mol. The molecule has 1 aliphatic heterocycles. The van der Waals surface area contributed by atoms with Gasteiger partial charge in [-0.1, -0.05) is 0 Å². The van der Waals surface area contributed by atoms with Gasteiger partial charge in [-0.25, -0.2) is 4.79 Å². The first kappa shape index (κ1) is 14.0. The Morgan fingerprint density at radius 1 is 1.61 bits per heavy atom. The third-order valence-corrected chi connectivity index (χ3v) is 6.01. The maximum atomic E-state index is 11.6. The number of morpholine rings is 1. The van der Waals surface area contributed by atoms with E-state index in [1.54, 1.807) is 13.1 Å². The summed E-state index contributed by atoms with van der Waals surface area (Å²) in [4.78, 5) is 25.0. The van der Waals surface area contributed by atoms with Crippen molar-refractivity contribution in [2.75, 3.05) is 13.7 Å². The van der Waals surface area contributed by atoms with Crippen molar-refractivity contribution >= 4 is 55.1 Å². The molecule has 0 saturated carbocycles. The van der Waals surface area contributed by atoms with Crippen molar-refractivity contribution in [3.8, 4) is 0 Å². The van der Waals surface area contributed by atoms with Crippen molar-refractivity contribution in [1.29, 1.82) is 0 Å². The first-order chi connectivity index (χ1) is 8.41. The van der Waals surface area contributed by atoms with Crippen molar-refractivity contribution < 1.29 is 19.4 Å². The molecule has 5 nitrogen and oxygen atoms in total. The van der Waals surface area contributed by atoms with Gasteiger partial charge < -0.3 is 14.7 Å². The fourth-order valence-electron chi connectivity index (χ4n) is 1.77. The maximum Gasteiger partial charge on any atom is 0.335 e. The lowest BCUT2D eigenvalue weighted by molar-refractivity contribution is -0.171. The van der Waals surface area contributed by atoms with Gasteiger partial charge in [0.1, 0.15) is 12.6 Å². The summed E-state index contributed by atoms with van der Waals surface area (Å²) in [6, 6.07) is 1.20. The van der Waals surface area contributed by atoms with Crippen LogP contribution in [0.25, 0.3) is 0 Å². The van der Waals surface area contributed by atoms with Gasteiger partial charge in [0.25, 0.3) is 0 Å². The van der Waals surface area contributed by atoms with E-state index in [1.165, 1.54) is 16.2 Å². The minimum absolute atomic E-state index is 0.197. The standard InChI is InChI=1S/C10H9Br2NO4S/c1-13-6(14)3-17-8(10(15)16)7(13)5-2-4(11)9(12)18-5/h2,7-8H,3H2,1H3,(H,15,16). The molecule has 18 heavy (non-hydrogen) atoms. The Labute approximate surface area is 124 Å². The number of carboxylic acids is 1. The van der Waals surface area contributed by atoms with Crippen LogP contribution >= 0.6 is 43.2 Å². The van der Waals surface area contributed by atoms with Crippen molar-refractivity contribution in [2.24, 2.45) is 0 Å². The maximum absolute atomic E-state index is 11.6. The normalized spacial score (nSPS) is 24.4. The summed E-state index contributed by atoms with van der Waals surface area (Å²) >= 11 is 8.08. The van der Waals surface area contributed by atoms with Gasteiger partial charge in [0.2, 0.25) is 5.91 Å². The fraction of sp³-hybridized carbons (Fsp3) is 0.400. The molecule has 2 rings (SSSR count). The van der Waals surface area contributed by atoms with Gasteiger partial charge in [-0.05, 0) is 37.9 Å². The minimum Gasteiger partial charge on any atom is -0.479 e. The second kappa shape index (κ2) is 5.28. The van der Waals surface area contributed by atoms with E-state index < -0.39 is 18.1 Å². The van der Waals surface area contributed by atoms with E-state index in [1.807, 2.05) is 0 Å². The summed E-state index contributed by atoms with van der Waals surface area (Å²) in [7, 11) is 1.59. The predicted octanol–water partition coefficient (Wildman–Crippen LogP) is 2.26. The van der Waals surface area contributed by atoms with Crippen LogP contribution in [0.4, 0.5) is 0 Å². The highest BCUT2D eigenvalue weighted by molar-refractivity contribution is 9.13. The Morgan fingerprint density at radius 2 is 2.28 bits per heavy atom. The Hall–Kier alpha value is -0.440. The second-order valence-electron chi connectivity index (χ2n) is 3.79. The summed E-state index contributed by atoms with van der Waals surface area (Å²) in [5, 5.41) is 9.17. The monoisotopic (exact) mass is 397 g/mol. The molecule has 98 valence electrons. The molecule has 8 heteroatoms. The van der Waals surface area contributed by atoms with Crippen LogP contribution in [0.1, 0.15) is 10.9 Å². The molecule has 2 heterocycles. The molecule has 1 saturated heterocycles. The highest BCUT2D eigenvalue weighted by Crippen LogP contribution is 2.40. The van der Waals surface area contributed by atoms with E-state index in [2.05, 4.69) is 31.9 Å². The molecular formula is C10H9Br2NO4S. The fourth-order valence-corrected chi connectivity index (χ4v) is 4.03. The molecule has 0 aromatic carbocycles. The first-order valence-corrected chi connectivity index (χ1v) is 7.37. The van der Waals surface area contributed by atoms with E-state index in [-0.39, 0.29) is 12.5 Å². The van der Waals surface area contributed by atoms with Crippen molar-refractivity contribution in [3.63, 3.8) is 0 Å². The summed E-state index contributed by atoms with van der Waals surface area (Å²) in [5.74, 6) is -1.29. The van der Waals surface area contributed by atoms with Gasteiger partial charge in [0.15, 0.2) is 6.10 Å². The molecule has 1 aromatic heterocycles. The lowest BCUT2D eigenvalue weighted by Crippen LogP contribution is -2.49. The van der Waals surface area contributed by atoms with Gasteiger partial charge in [-0.15, -0.1) is 11.3 Å². The number of likely N-dealkylation sites (N-methyl/N-ethyl adjacent to an activating group) is 1. The number of hydrogen-bond donors (Lipinski definition) is 1. The van der Waals surface area contributed by atoms with Crippen LogP contribution in [0, 0.1) is 0 Å². The molecule has 1 fully saturated rings. The van der Waals surface area contributed by atoms with E-state index in [0.717, 1.165) is 13.1 Å². The molecule has 0 aliphatic carbocycles. The zero-order chi connectivity index (χ0) is 13.4.